The third kappa shape index (κ3) is 3.25. The van der Waals surface area contributed by atoms with E-state index in [0.717, 1.165) is 12.0 Å². The lowest BCUT2D eigenvalue weighted by atomic mass is 10.0. The van der Waals surface area contributed by atoms with Crippen LogP contribution in [0.15, 0.2) is 35.0 Å². The van der Waals surface area contributed by atoms with E-state index < -0.39 is 6.10 Å². The van der Waals surface area contributed by atoms with Crippen molar-refractivity contribution in [1.82, 2.24) is 0 Å². The first kappa shape index (κ1) is 13.4. The standard InChI is InChI=1S/C14H15ClO2S/c1-17-14-8-11(15)3-4-12(14)13(16)5-2-10-6-7-18-9-10/h3-4,6-9,13,16H,2,5H2,1H3. The molecule has 0 saturated carbocycles. The molecule has 0 aliphatic carbocycles. The van der Waals surface area contributed by atoms with Crippen LogP contribution in [0.5, 0.6) is 5.75 Å². The fraction of sp³-hybridized carbons (Fsp3) is 0.286. The van der Waals surface area contributed by atoms with E-state index in [1.54, 1.807) is 30.6 Å². The molecule has 1 unspecified atom stereocenters. The first-order valence-electron chi connectivity index (χ1n) is 5.73. The Labute approximate surface area is 116 Å². The minimum Gasteiger partial charge on any atom is -0.496 e. The molecule has 0 amide bonds. The van der Waals surface area contributed by atoms with Gasteiger partial charge < -0.3 is 9.84 Å². The maximum Gasteiger partial charge on any atom is 0.126 e. The van der Waals surface area contributed by atoms with E-state index in [2.05, 4.69) is 11.4 Å². The van der Waals surface area contributed by atoms with Crippen LogP contribution in [0.2, 0.25) is 5.02 Å². The summed E-state index contributed by atoms with van der Waals surface area (Å²) in [5, 5.41) is 15.0. The molecule has 0 radical (unpaired) electrons. The third-order valence-corrected chi connectivity index (χ3v) is 3.81. The van der Waals surface area contributed by atoms with Gasteiger partial charge >= 0.3 is 0 Å². The molecular formula is C14H15ClO2S. The Kier molecular flexibility index (Phi) is 4.64. The van der Waals surface area contributed by atoms with Crippen LogP contribution in [0, 0.1) is 0 Å². The number of benzene rings is 1. The maximum absolute atomic E-state index is 10.2. The van der Waals surface area contributed by atoms with Gasteiger partial charge in [0.15, 0.2) is 0 Å². The Morgan fingerprint density at radius 3 is 2.89 bits per heavy atom. The predicted octanol–water partition coefficient (Wildman–Crippen LogP) is 4.08. The number of aliphatic hydroxyl groups excluding tert-OH is 1. The number of aryl methyl sites for hydroxylation is 1. The van der Waals surface area contributed by atoms with E-state index >= 15 is 0 Å². The fourth-order valence-electron chi connectivity index (χ4n) is 1.85. The Balaban J connectivity index is 2.06. The van der Waals surface area contributed by atoms with Gasteiger partial charge in [0.2, 0.25) is 0 Å². The molecule has 1 aromatic carbocycles. The predicted molar refractivity (Wildman–Crippen MR) is 75.6 cm³/mol. The molecule has 0 bridgehead atoms. The molecular weight excluding hydrogens is 268 g/mol. The Morgan fingerprint density at radius 1 is 1.39 bits per heavy atom. The van der Waals surface area contributed by atoms with E-state index in [-0.39, 0.29) is 0 Å². The summed E-state index contributed by atoms with van der Waals surface area (Å²) in [7, 11) is 1.58. The molecule has 0 saturated heterocycles. The highest BCUT2D eigenvalue weighted by molar-refractivity contribution is 7.07. The van der Waals surface area contributed by atoms with Crippen molar-refractivity contribution in [2.45, 2.75) is 18.9 Å². The second-order valence-corrected chi connectivity index (χ2v) is 5.29. The zero-order valence-corrected chi connectivity index (χ0v) is 11.7. The second kappa shape index (κ2) is 6.23. The van der Waals surface area contributed by atoms with Gasteiger partial charge in [-0.2, -0.15) is 11.3 Å². The maximum atomic E-state index is 10.2. The van der Waals surface area contributed by atoms with Crippen molar-refractivity contribution in [2.24, 2.45) is 0 Å². The average molecular weight is 283 g/mol. The lowest BCUT2D eigenvalue weighted by molar-refractivity contribution is 0.163. The van der Waals surface area contributed by atoms with Gasteiger partial charge in [-0.15, -0.1) is 0 Å². The third-order valence-electron chi connectivity index (χ3n) is 2.84. The zero-order chi connectivity index (χ0) is 13.0. The normalized spacial score (nSPS) is 12.4. The number of hydrogen-bond donors (Lipinski definition) is 1. The van der Waals surface area contributed by atoms with Crippen LogP contribution in [0.3, 0.4) is 0 Å². The molecule has 2 nitrogen and oxygen atoms in total. The largest absolute Gasteiger partial charge is 0.496 e. The minimum absolute atomic E-state index is 0.530. The van der Waals surface area contributed by atoms with Crippen molar-refractivity contribution in [2.75, 3.05) is 7.11 Å². The molecule has 0 aliphatic heterocycles. The summed E-state index contributed by atoms with van der Waals surface area (Å²) < 4.78 is 5.24. The summed E-state index contributed by atoms with van der Waals surface area (Å²) >= 11 is 7.57. The number of ether oxygens (including phenoxy) is 1. The van der Waals surface area contributed by atoms with E-state index in [4.69, 9.17) is 16.3 Å². The molecule has 4 heteroatoms. The Bertz CT molecular complexity index is 497. The first-order valence-corrected chi connectivity index (χ1v) is 7.05. The van der Waals surface area contributed by atoms with Gasteiger partial charge in [-0.25, -0.2) is 0 Å². The number of halogens is 1. The molecule has 96 valence electrons. The average Bonchev–Trinajstić information content (AvgIpc) is 2.88. The van der Waals surface area contributed by atoms with Crippen molar-refractivity contribution in [3.05, 3.63) is 51.2 Å². The fourth-order valence-corrected chi connectivity index (χ4v) is 2.72. The van der Waals surface area contributed by atoms with Gasteiger partial charge in [0, 0.05) is 10.6 Å². The number of hydrogen-bond acceptors (Lipinski definition) is 3. The highest BCUT2D eigenvalue weighted by Crippen LogP contribution is 2.30. The second-order valence-electron chi connectivity index (χ2n) is 4.07. The Hall–Kier alpha value is -1.03. The number of rotatable bonds is 5. The van der Waals surface area contributed by atoms with Crippen LogP contribution in [0.25, 0.3) is 0 Å². The summed E-state index contributed by atoms with van der Waals surface area (Å²) in [5.41, 5.74) is 2.05. The SMILES string of the molecule is COc1cc(Cl)ccc1C(O)CCc1ccsc1. The van der Waals surface area contributed by atoms with E-state index in [1.807, 2.05) is 11.4 Å². The van der Waals surface area contributed by atoms with Crippen LogP contribution >= 0.6 is 22.9 Å². The van der Waals surface area contributed by atoms with Gasteiger partial charge in [0.05, 0.1) is 13.2 Å². The molecule has 1 atom stereocenters. The summed E-state index contributed by atoms with van der Waals surface area (Å²) in [5.74, 6) is 0.639. The van der Waals surface area contributed by atoms with Gasteiger partial charge in [-0.05, 0) is 47.4 Å². The van der Waals surface area contributed by atoms with Crippen LogP contribution in [0.1, 0.15) is 23.7 Å². The quantitative estimate of drug-likeness (QED) is 0.895. The summed E-state index contributed by atoms with van der Waals surface area (Å²) in [6, 6.07) is 7.40. The first-order chi connectivity index (χ1) is 8.70. The van der Waals surface area contributed by atoms with Gasteiger partial charge in [-0.1, -0.05) is 17.7 Å². The van der Waals surface area contributed by atoms with Gasteiger partial charge in [-0.3, -0.25) is 0 Å². The van der Waals surface area contributed by atoms with E-state index in [1.165, 1.54) is 5.56 Å². The molecule has 2 rings (SSSR count). The molecule has 2 aromatic rings. The zero-order valence-electron chi connectivity index (χ0n) is 10.1. The molecule has 1 heterocycles. The van der Waals surface area contributed by atoms with Crippen LogP contribution in [-0.2, 0) is 6.42 Å². The van der Waals surface area contributed by atoms with Crippen molar-refractivity contribution in [3.63, 3.8) is 0 Å². The highest BCUT2D eigenvalue weighted by atomic mass is 35.5. The number of aliphatic hydroxyl groups is 1. The van der Waals surface area contributed by atoms with Crippen LogP contribution in [-0.4, -0.2) is 12.2 Å². The summed E-state index contributed by atoms with van der Waals surface area (Å²) in [4.78, 5) is 0. The molecule has 1 aromatic heterocycles. The van der Waals surface area contributed by atoms with Crippen molar-refractivity contribution in [3.8, 4) is 5.75 Å². The summed E-state index contributed by atoms with van der Waals surface area (Å²) in [6.45, 7) is 0. The Morgan fingerprint density at radius 2 is 2.22 bits per heavy atom. The van der Waals surface area contributed by atoms with Crippen LogP contribution in [0.4, 0.5) is 0 Å². The molecule has 18 heavy (non-hydrogen) atoms. The van der Waals surface area contributed by atoms with E-state index in [0.29, 0.717) is 17.2 Å². The van der Waals surface area contributed by atoms with Crippen molar-refractivity contribution >= 4 is 22.9 Å². The molecule has 1 N–H and O–H groups in total. The van der Waals surface area contributed by atoms with Crippen molar-refractivity contribution in [1.29, 1.82) is 0 Å². The molecule has 0 spiro atoms. The summed E-state index contributed by atoms with van der Waals surface area (Å²) in [6.07, 6.45) is 1.00. The number of methoxy groups -OCH3 is 1. The molecule has 0 aliphatic rings. The minimum atomic E-state index is -0.530. The van der Waals surface area contributed by atoms with Crippen LogP contribution < -0.4 is 4.74 Å². The molecule has 0 fully saturated rings. The highest BCUT2D eigenvalue weighted by Gasteiger charge is 2.13. The lowest BCUT2D eigenvalue weighted by Gasteiger charge is -2.14. The van der Waals surface area contributed by atoms with Gasteiger partial charge in [0.1, 0.15) is 5.75 Å². The van der Waals surface area contributed by atoms with E-state index in [9.17, 15) is 5.11 Å². The smallest absolute Gasteiger partial charge is 0.126 e. The lowest BCUT2D eigenvalue weighted by Crippen LogP contribution is -2.02. The van der Waals surface area contributed by atoms with Gasteiger partial charge in [0.25, 0.3) is 0 Å². The number of thiophene rings is 1. The monoisotopic (exact) mass is 282 g/mol. The topological polar surface area (TPSA) is 29.5 Å². The van der Waals surface area contributed by atoms with Crippen molar-refractivity contribution < 1.29 is 9.84 Å².